The number of halogens is 2. The minimum Gasteiger partial charge on any atom is -0.368 e. The van der Waals surface area contributed by atoms with Crippen molar-refractivity contribution >= 4 is 27.5 Å². The Labute approximate surface area is 102 Å². The number of amides is 1. The maximum Gasteiger partial charge on any atom is 0.264 e. The first-order valence-electron chi connectivity index (χ1n) is 4.20. The number of nitrogens with one attached hydrogen (secondary N) is 1. The monoisotopic (exact) mass is 282 g/mol. The maximum absolute atomic E-state index is 12.9. The normalized spacial score (nSPS) is 11.4. The average Bonchev–Trinajstić information content (AvgIpc) is 2.20. The fraction of sp³-hybridized carbons (Fsp3) is 0.125. The summed E-state index contributed by atoms with van der Waals surface area (Å²) in [6.07, 6.45) is 0. The van der Waals surface area contributed by atoms with Gasteiger partial charge in [0.1, 0.15) is 17.3 Å². The average molecular weight is 283 g/mol. The molecule has 0 aliphatic heterocycles. The summed E-state index contributed by atoms with van der Waals surface area (Å²) >= 11 is 5.59. The summed E-state index contributed by atoms with van der Waals surface area (Å²) < 4.78 is 36.0. The second-order valence-corrected chi connectivity index (χ2v) is 4.94. The van der Waals surface area contributed by atoms with Gasteiger partial charge in [-0.05, 0) is 18.2 Å². The molecule has 0 saturated carbocycles. The quantitative estimate of drug-likeness (QED) is 0.752. The van der Waals surface area contributed by atoms with Gasteiger partial charge in [0.25, 0.3) is 10.0 Å². The minimum absolute atomic E-state index is 0.179. The second kappa shape index (κ2) is 5.41. The number of benzene rings is 1. The van der Waals surface area contributed by atoms with Crippen LogP contribution in [0.15, 0.2) is 23.1 Å². The number of primary amides is 1. The van der Waals surface area contributed by atoms with Crippen LogP contribution in [-0.4, -0.2) is 20.9 Å². The molecule has 3 N–H and O–H groups in total. The van der Waals surface area contributed by atoms with Crippen LogP contribution in [-0.2, 0) is 19.7 Å². The number of rotatable bonds is 5. The van der Waals surface area contributed by atoms with Gasteiger partial charge < -0.3 is 5.73 Å². The Morgan fingerprint density at radius 3 is 2.76 bits per heavy atom. The third kappa shape index (κ3) is 3.93. The molecule has 0 atom stereocenters. The van der Waals surface area contributed by atoms with Gasteiger partial charge >= 0.3 is 0 Å². The van der Waals surface area contributed by atoms with Crippen molar-refractivity contribution in [2.75, 3.05) is 6.61 Å². The van der Waals surface area contributed by atoms with E-state index >= 15 is 0 Å². The molecule has 0 fully saturated rings. The van der Waals surface area contributed by atoms with Gasteiger partial charge in [0, 0.05) is 0 Å². The minimum atomic E-state index is -4.16. The third-order valence-corrected chi connectivity index (χ3v) is 3.26. The first-order valence-corrected chi connectivity index (χ1v) is 6.06. The van der Waals surface area contributed by atoms with Gasteiger partial charge in [0.15, 0.2) is 0 Å². The van der Waals surface area contributed by atoms with Crippen molar-refractivity contribution in [3.05, 3.63) is 29.0 Å². The molecule has 6 nitrogen and oxygen atoms in total. The fourth-order valence-corrected chi connectivity index (χ4v) is 2.22. The van der Waals surface area contributed by atoms with Crippen LogP contribution in [0.3, 0.4) is 0 Å². The molecule has 1 amide bonds. The highest BCUT2D eigenvalue weighted by atomic mass is 35.5. The maximum atomic E-state index is 12.9. The smallest absolute Gasteiger partial charge is 0.264 e. The van der Waals surface area contributed by atoms with Gasteiger partial charge in [0.2, 0.25) is 5.91 Å². The van der Waals surface area contributed by atoms with Crippen molar-refractivity contribution < 1.29 is 22.4 Å². The predicted octanol–water partition coefficient (Wildman–Crippen LogP) is 0.174. The lowest BCUT2D eigenvalue weighted by Gasteiger charge is -2.07. The molecule has 1 aromatic rings. The number of hydrogen-bond acceptors (Lipinski definition) is 4. The molecule has 0 aliphatic carbocycles. The fourth-order valence-electron chi connectivity index (χ4n) is 0.906. The van der Waals surface area contributed by atoms with E-state index in [2.05, 4.69) is 4.84 Å². The van der Waals surface area contributed by atoms with E-state index in [0.29, 0.717) is 0 Å². The van der Waals surface area contributed by atoms with E-state index in [4.69, 9.17) is 17.3 Å². The lowest BCUT2D eigenvalue weighted by molar-refractivity contribution is -0.123. The highest BCUT2D eigenvalue weighted by Gasteiger charge is 2.19. The molecular formula is C8H8ClFN2O4S. The Hall–Kier alpha value is -1.22. The van der Waals surface area contributed by atoms with E-state index in [1.165, 1.54) is 0 Å². The number of hydrogen-bond donors (Lipinski definition) is 2. The van der Waals surface area contributed by atoms with E-state index < -0.39 is 33.3 Å². The Bertz CT molecular complexity index is 534. The van der Waals surface area contributed by atoms with Crippen LogP contribution >= 0.6 is 11.6 Å². The summed E-state index contributed by atoms with van der Waals surface area (Å²) in [4.78, 5) is 15.7. The first kappa shape index (κ1) is 13.8. The van der Waals surface area contributed by atoms with Gasteiger partial charge in [-0.3, -0.25) is 9.63 Å². The summed E-state index contributed by atoms with van der Waals surface area (Å²) in [6.45, 7) is -0.647. The Balaban J connectivity index is 2.89. The van der Waals surface area contributed by atoms with Crippen LogP contribution in [0.25, 0.3) is 0 Å². The Morgan fingerprint density at radius 1 is 1.53 bits per heavy atom. The number of nitrogens with two attached hydrogens (primary N) is 1. The van der Waals surface area contributed by atoms with Crippen molar-refractivity contribution in [3.8, 4) is 0 Å². The summed E-state index contributed by atoms with van der Waals surface area (Å²) in [5, 5.41) is -0.179. The highest BCUT2D eigenvalue weighted by Crippen LogP contribution is 2.21. The van der Waals surface area contributed by atoms with Crippen molar-refractivity contribution in [2.24, 2.45) is 5.73 Å². The Kier molecular flexibility index (Phi) is 4.40. The summed E-state index contributed by atoms with van der Waals surface area (Å²) in [6, 6.07) is 2.81. The lowest BCUT2D eigenvalue weighted by atomic mass is 10.3. The van der Waals surface area contributed by atoms with E-state index in [1.807, 2.05) is 0 Å². The molecule has 0 aromatic heterocycles. The van der Waals surface area contributed by atoms with Crippen LogP contribution in [0.1, 0.15) is 0 Å². The van der Waals surface area contributed by atoms with E-state index in [9.17, 15) is 17.6 Å². The Morgan fingerprint density at radius 2 is 2.18 bits per heavy atom. The third-order valence-electron chi connectivity index (χ3n) is 1.57. The highest BCUT2D eigenvalue weighted by molar-refractivity contribution is 7.89. The molecule has 94 valence electrons. The van der Waals surface area contributed by atoms with Crippen LogP contribution in [0.4, 0.5) is 4.39 Å². The molecule has 0 heterocycles. The molecule has 0 saturated heterocycles. The second-order valence-electron chi connectivity index (χ2n) is 2.92. The number of sulfonamides is 1. The van der Waals surface area contributed by atoms with Crippen LogP contribution < -0.4 is 10.6 Å². The van der Waals surface area contributed by atoms with Crippen molar-refractivity contribution in [2.45, 2.75) is 4.90 Å². The molecule has 1 rings (SSSR count). The molecule has 0 unspecified atom stereocenters. The molecule has 0 aliphatic rings. The number of carbonyl (C=O) groups excluding carboxylic acids is 1. The zero-order valence-corrected chi connectivity index (χ0v) is 9.89. The molecule has 17 heavy (non-hydrogen) atoms. The van der Waals surface area contributed by atoms with Crippen LogP contribution in [0.5, 0.6) is 0 Å². The van der Waals surface area contributed by atoms with Gasteiger partial charge in [-0.15, -0.1) is 0 Å². The van der Waals surface area contributed by atoms with Crippen LogP contribution in [0.2, 0.25) is 5.02 Å². The molecule has 0 spiro atoms. The topological polar surface area (TPSA) is 98.5 Å². The molecule has 0 bridgehead atoms. The number of carbonyl (C=O) groups is 1. The largest absolute Gasteiger partial charge is 0.368 e. The summed E-state index contributed by atoms with van der Waals surface area (Å²) in [7, 11) is -4.16. The van der Waals surface area contributed by atoms with Crippen molar-refractivity contribution in [1.82, 2.24) is 4.89 Å². The van der Waals surface area contributed by atoms with Gasteiger partial charge in [-0.25, -0.2) is 12.8 Å². The first-order chi connectivity index (χ1) is 7.83. The van der Waals surface area contributed by atoms with Crippen molar-refractivity contribution in [1.29, 1.82) is 0 Å². The standard InChI is InChI=1S/C8H8ClFN2O4S/c9-6-2-1-5(10)3-7(6)17(14,15)12-16-4-8(11)13/h1-3,12H,4H2,(H2,11,13). The zero-order chi connectivity index (χ0) is 13.1. The van der Waals surface area contributed by atoms with Crippen molar-refractivity contribution in [3.63, 3.8) is 0 Å². The predicted molar refractivity (Wildman–Crippen MR) is 56.9 cm³/mol. The molecule has 0 radical (unpaired) electrons. The van der Waals surface area contributed by atoms with Gasteiger partial charge in [-0.2, -0.15) is 0 Å². The molecule has 1 aromatic carbocycles. The van der Waals surface area contributed by atoms with E-state index in [0.717, 1.165) is 18.2 Å². The van der Waals surface area contributed by atoms with E-state index in [-0.39, 0.29) is 5.02 Å². The van der Waals surface area contributed by atoms with Gasteiger partial charge in [0.05, 0.1) is 5.02 Å². The molecule has 9 heteroatoms. The lowest BCUT2D eigenvalue weighted by Crippen LogP contribution is -2.29. The van der Waals surface area contributed by atoms with E-state index in [1.54, 1.807) is 4.89 Å². The molecular weight excluding hydrogens is 275 g/mol. The summed E-state index contributed by atoms with van der Waals surface area (Å²) in [5.74, 6) is -1.64. The zero-order valence-electron chi connectivity index (χ0n) is 8.31. The summed E-state index contributed by atoms with van der Waals surface area (Å²) in [5.41, 5.74) is 4.73. The van der Waals surface area contributed by atoms with Crippen LogP contribution in [0, 0.1) is 5.82 Å². The van der Waals surface area contributed by atoms with Gasteiger partial charge in [-0.1, -0.05) is 16.5 Å². The SMILES string of the molecule is NC(=O)CONS(=O)(=O)c1cc(F)ccc1Cl.